The number of carbonyl (C=O) groups is 10. The molecule has 9 atom stereocenters. The van der Waals surface area contributed by atoms with Crippen LogP contribution in [0.3, 0.4) is 0 Å². The van der Waals surface area contributed by atoms with Gasteiger partial charge in [0, 0.05) is 9.60 Å². The first-order valence-electron chi connectivity index (χ1n) is 22.1. The van der Waals surface area contributed by atoms with Crippen molar-refractivity contribution in [3.8, 4) is 0 Å². The average Bonchev–Trinajstić information content (AvgIpc) is 3.18. The standard InChI is InChI=1S/C35H61N9O15/c1-15(2)11-20(42-34(57)26(37)16(3)4)30(53)43-23(14-45)33(56)38-17(5)28(51)40-21(12-24(47)48)32(55)41-22(13-25(49)50)31(54)39-19(9-7-8-10-36)29(52)44-27(18(6)46)35(58)59/h15-23,26-27,45-46H,7-14,36-37H2,1-6H3,(H,38,56)(H,39,54)(H,40,51)(H,41,55)(H,42,57)(H,43,53)(H,44,52)(H,47,48)(H,49,50)(H,58,59)/t17-,18+,19-,20-,21-,22-,23-,26-,27-/m0/s1/i3D3,4D3,16D,26D. The lowest BCUT2D eigenvalue weighted by atomic mass is 10.0. The van der Waals surface area contributed by atoms with Crippen LogP contribution in [0.4, 0.5) is 0 Å². The van der Waals surface area contributed by atoms with Crippen LogP contribution in [-0.2, 0) is 47.9 Å². The Balaban J connectivity index is 6.31. The minimum atomic E-state index is -3.93. The number of nitrogens with two attached hydrogens (primary N) is 2. The number of carboxylic acids is 3. The van der Waals surface area contributed by atoms with Crippen molar-refractivity contribution in [3.05, 3.63) is 0 Å². The third-order valence-electron chi connectivity index (χ3n) is 8.06. The van der Waals surface area contributed by atoms with Gasteiger partial charge in [-0.2, -0.15) is 0 Å². The first-order chi connectivity index (χ1) is 30.5. The van der Waals surface area contributed by atoms with Crippen molar-refractivity contribution in [1.29, 1.82) is 0 Å². The molecule has 0 bridgehead atoms. The smallest absolute Gasteiger partial charge is 0.328 e. The predicted molar refractivity (Wildman–Crippen MR) is 205 cm³/mol. The summed E-state index contributed by atoms with van der Waals surface area (Å²) in [5.74, 6) is -19.2. The van der Waals surface area contributed by atoms with Crippen molar-refractivity contribution in [2.75, 3.05) is 13.2 Å². The molecule has 0 rings (SSSR count). The Kier molecular flexibility index (Phi) is 18.1. The summed E-state index contributed by atoms with van der Waals surface area (Å²) in [7, 11) is 0. The van der Waals surface area contributed by atoms with Gasteiger partial charge in [0.25, 0.3) is 0 Å². The molecule has 7 amide bonds. The predicted octanol–water partition coefficient (Wildman–Crippen LogP) is -5.03. The van der Waals surface area contributed by atoms with E-state index in [2.05, 4.69) is 10.6 Å². The van der Waals surface area contributed by atoms with Gasteiger partial charge in [-0.05, 0) is 57.9 Å². The molecule has 0 saturated carbocycles. The molecular weight excluding hydrogens is 786 g/mol. The van der Waals surface area contributed by atoms with Crippen molar-refractivity contribution in [1.82, 2.24) is 37.2 Å². The van der Waals surface area contributed by atoms with Gasteiger partial charge in [-0.15, -0.1) is 0 Å². The normalized spacial score (nSPS) is 18.9. The lowest BCUT2D eigenvalue weighted by molar-refractivity contribution is -0.145. The van der Waals surface area contributed by atoms with Crippen LogP contribution in [0, 0.1) is 11.8 Å². The Labute approximate surface area is 352 Å². The Bertz CT molecular complexity index is 1790. The van der Waals surface area contributed by atoms with Gasteiger partial charge < -0.3 is 74.2 Å². The molecule has 0 heterocycles. The highest BCUT2D eigenvalue weighted by Crippen LogP contribution is 2.09. The van der Waals surface area contributed by atoms with Crippen molar-refractivity contribution in [2.24, 2.45) is 23.3 Å². The summed E-state index contributed by atoms with van der Waals surface area (Å²) < 4.78 is 61.8. The highest BCUT2D eigenvalue weighted by Gasteiger charge is 2.35. The summed E-state index contributed by atoms with van der Waals surface area (Å²) in [6, 6.07) is -16.8. The second-order valence-electron chi connectivity index (χ2n) is 13.6. The molecule has 0 aliphatic heterocycles. The van der Waals surface area contributed by atoms with Crippen molar-refractivity contribution in [2.45, 2.75) is 134 Å². The largest absolute Gasteiger partial charge is 0.481 e. The number of nitrogens with one attached hydrogen (secondary N) is 7. The summed E-state index contributed by atoms with van der Waals surface area (Å²) in [4.78, 5) is 128. The number of hydrogen-bond acceptors (Lipinski definition) is 14. The number of carboxylic acid groups (broad SMARTS) is 3. The van der Waals surface area contributed by atoms with Crippen molar-refractivity contribution < 1.29 is 84.4 Å². The van der Waals surface area contributed by atoms with Gasteiger partial charge in [-0.3, -0.25) is 43.2 Å². The number of aliphatic carboxylic acids is 3. The lowest BCUT2D eigenvalue weighted by Gasteiger charge is -2.27. The van der Waals surface area contributed by atoms with E-state index in [0.29, 0.717) is 6.42 Å². The molecule has 0 aliphatic rings. The topological polar surface area (TPSA) is 408 Å². The highest BCUT2D eigenvalue weighted by molar-refractivity contribution is 5.99. The van der Waals surface area contributed by atoms with Crippen LogP contribution in [0.1, 0.15) is 90.9 Å². The molecule has 24 heteroatoms. The van der Waals surface area contributed by atoms with Gasteiger partial charge in [-0.1, -0.05) is 27.6 Å². The summed E-state index contributed by atoms with van der Waals surface area (Å²) >= 11 is 0. The molecule has 0 unspecified atom stereocenters. The van der Waals surface area contributed by atoms with Crippen LogP contribution in [0.5, 0.6) is 0 Å². The summed E-state index contributed by atoms with van der Waals surface area (Å²) in [5.41, 5.74) is 11.1. The zero-order valence-electron chi connectivity index (χ0n) is 40.8. The minimum absolute atomic E-state index is 0.138. The third kappa shape index (κ3) is 20.2. The summed E-state index contributed by atoms with van der Waals surface area (Å²) in [5, 5.41) is 62.3. The lowest BCUT2D eigenvalue weighted by Crippen LogP contribution is -2.60. The number of carbonyl (C=O) groups excluding carboxylic acids is 7. The SMILES string of the molecule is [2H]C([2H])([2H])C([2H])(C([2H])([2H])[2H])[C@]([2H])(N)C(=O)N[C@@H](CC(C)C)C(=O)N[C@@H](CO)C(=O)N[C@@H](C)C(=O)N[C@@H](CC(=O)O)C(=O)N[C@@H](CC(=O)O)C(=O)N[C@@H](CCCCN)C(=O)N[C@H](C(=O)O)[C@@H](C)O. The summed E-state index contributed by atoms with van der Waals surface area (Å²) in [6.45, 7) is -3.63. The van der Waals surface area contributed by atoms with Crippen LogP contribution in [0.25, 0.3) is 0 Å². The monoisotopic (exact) mass is 855 g/mol. The molecule has 0 spiro atoms. The van der Waals surface area contributed by atoms with Crippen LogP contribution in [-0.4, -0.2) is 152 Å². The molecule has 0 aromatic heterocycles. The van der Waals surface area contributed by atoms with Gasteiger partial charge in [-0.25, -0.2) is 4.79 Å². The van der Waals surface area contributed by atoms with E-state index in [1.54, 1.807) is 0 Å². The van der Waals surface area contributed by atoms with Crippen LogP contribution >= 0.6 is 0 Å². The van der Waals surface area contributed by atoms with E-state index >= 15 is 0 Å². The summed E-state index contributed by atoms with van der Waals surface area (Å²) in [6.07, 6.45) is -4.03. The Hall–Kier alpha value is -5.46. The van der Waals surface area contributed by atoms with Gasteiger partial charge >= 0.3 is 17.9 Å². The molecule has 0 radical (unpaired) electrons. The Morgan fingerprint density at radius 2 is 1.05 bits per heavy atom. The number of aliphatic hydroxyl groups excluding tert-OH is 2. The first kappa shape index (κ1) is 40.3. The highest BCUT2D eigenvalue weighted by atomic mass is 16.4. The van der Waals surface area contributed by atoms with Gasteiger partial charge in [0.05, 0.1) is 32.9 Å². The number of unbranched alkanes of at least 4 members (excludes halogenated alkanes) is 1. The number of hydrogen-bond donors (Lipinski definition) is 14. The Morgan fingerprint density at radius 1 is 0.610 bits per heavy atom. The van der Waals surface area contributed by atoms with E-state index in [4.69, 9.17) is 22.4 Å². The molecule has 0 aromatic carbocycles. The van der Waals surface area contributed by atoms with Crippen LogP contribution < -0.4 is 48.7 Å². The second kappa shape index (κ2) is 26.5. The minimum Gasteiger partial charge on any atom is -0.481 e. The maximum absolute atomic E-state index is 13.4. The fourth-order valence-corrected chi connectivity index (χ4v) is 4.91. The van der Waals surface area contributed by atoms with E-state index in [9.17, 15) is 73.5 Å². The molecule has 0 saturated heterocycles. The van der Waals surface area contributed by atoms with E-state index < -0.39 is 159 Å². The van der Waals surface area contributed by atoms with E-state index in [1.165, 1.54) is 13.8 Å². The van der Waals surface area contributed by atoms with E-state index in [1.807, 2.05) is 26.6 Å². The van der Waals surface area contributed by atoms with Crippen LogP contribution in [0.2, 0.25) is 0 Å². The van der Waals surface area contributed by atoms with Crippen molar-refractivity contribution in [3.63, 3.8) is 0 Å². The molecule has 0 aromatic rings. The first-order valence-corrected chi connectivity index (χ1v) is 18.1. The number of aliphatic hydroxyl groups is 2. The van der Waals surface area contributed by atoms with Gasteiger partial charge in [0.1, 0.15) is 36.3 Å². The molecular formula is C35H61N9O15. The van der Waals surface area contributed by atoms with Gasteiger partial charge in [0.15, 0.2) is 6.04 Å². The van der Waals surface area contributed by atoms with Crippen molar-refractivity contribution >= 4 is 59.3 Å². The average molecular weight is 856 g/mol. The van der Waals surface area contributed by atoms with Crippen LogP contribution in [0.15, 0.2) is 0 Å². The second-order valence-corrected chi connectivity index (χ2v) is 13.6. The Morgan fingerprint density at radius 3 is 1.49 bits per heavy atom. The van der Waals surface area contributed by atoms with Gasteiger partial charge in [0.2, 0.25) is 41.4 Å². The van der Waals surface area contributed by atoms with E-state index in [0.717, 1.165) is 13.8 Å². The third-order valence-corrected chi connectivity index (χ3v) is 8.06. The fourth-order valence-electron chi connectivity index (χ4n) is 4.91. The zero-order chi connectivity index (χ0) is 52.6. The maximum Gasteiger partial charge on any atom is 0.328 e. The van der Waals surface area contributed by atoms with E-state index in [-0.39, 0.29) is 25.8 Å². The molecule has 16 N–H and O–H groups in total. The molecule has 0 fully saturated rings. The molecule has 0 aliphatic carbocycles. The number of rotatable bonds is 28. The number of amides is 7. The maximum atomic E-state index is 13.4. The zero-order valence-corrected chi connectivity index (χ0v) is 32.8. The molecule has 336 valence electrons. The quantitative estimate of drug-likeness (QED) is 0.0328. The fraction of sp³-hybridized carbons (Fsp3) is 0.714. The molecule has 24 nitrogen and oxygen atoms in total. The molecule has 59 heavy (non-hydrogen) atoms.